The number of rotatable bonds is 4. The maximum Gasteiger partial charge on any atom is -0.147 e. The van der Waals surface area contributed by atoms with Crippen LogP contribution in [-0.2, 0) is 0 Å². The third-order valence-corrected chi connectivity index (χ3v) is 4.07. The maximum atomic E-state index is 6.41. The molecule has 0 radical (unpaired) electrons. The summed E-state index contributed by atoms with van der Waals surface area (Å²) in [4.78, 5) is 0. The Bertz CT molecular complexity index is 146. The normalized spacial score (nSPS) is 15.8. The molecule has 0 aromatic rings. The fourth-order valence-electron chi connectivity index (χ4n) is 1.07. The van der Waals surface area contributed by atoms with Gasteiger partial charge in [-0.25, -0.2) is 0 Å². The van der Waals surface area contributed by atoms with Crippen LogP contribution in [0.2, 0.25) is 0 Å². The van der Waals surface area contributed by atoms with Crippen LogP contribution in [0.1, 0.15) is 26.7 Å². The molecule has 0 saturated heterocycles. The summed E-state index contributed by atoms with van der Waals surface area (Å²) in [6, 6.07) is 0. The van der Waals surface area contributed by atoms with Gasteiger partial charge in [-0.05, 0) is 0 Å². The fourth-order valence-corrected chi connectivity index (χ4v) is 2.65. The minimum Gasteiger partial charge on any atom is -0.147 e. The van der Waals surface area contributed by atoms with Crippen LogP contribution in [0.25, 0.3) is 0 Å². The van der Waals surface area contributed by atoms with Crippen LogP contribution in [0.5, 0.6) is 0 Å². The van der Waals surface area contributed by atoms with E-state index >= 15 is 0 Å². The van der Waals surface area contributed by atoms with Crippen molar-refractivity contribution in [1.29, 1.82) is 0 Å². The van der Waals surface area contributed by atoms with E-state index in [2.05, 4.69) is 33.8 Å². The molecule has 0 spiro atoms. The third-order valence-electron chi connectivity index (χ3n) is 1.73. The second kappa shape index (κ2) is 4.66. The molecule has 1 nitrogen and oxygen atoms in total. The van der Waals surface area contributed by atoms with Crippen molar-refractivity contribution in [1.82, 2.24) is 0 Å². The first-order chi connectivity index (χ1) is 4.96. The Kier molecular flexibility index (Phi) is 5.88. The van der Waals surface area contributed by atoms with Gasteiger partial charge >= 0.3 is 81.3 Å². The molecular formula is C9H24Cl2NP. The predicted octanol–water partition coefficient (Wildman–Crippen LogP) is 3.52. The van der Waals surface area contributed by atoms with Crippen LogP contribution < -0.4 is 5.73 Å². The molecule has 13 heavy (non-hydrogen) atoms. The molecule has 0 fully saturated rings. The molecular weight excluding hydrogens is 224 g/mol. The first-order valence-corrected chi connectivity index (χ1v) is 9.14. The van der Waals surface area contributed by atoms with Crippen molar-refractivity contribution in [3.05, 3.63) is 0 Å². The molecule has 0 amide bonds. The van der Waals surface area contributed by atoms with Crippen LogP contribution in [0, 0.1) is 0 Å². The van der Waals surface area contributed by atoms with E-state index in [9.17, 15) is 0 Å². The minimum atomic E-state index is -1.79. The molecule has 0 aromatic carbocycles. The van der Waals surface area contributed by atoms with Gasteiger partial charge in [-0.1, -0.05) is 0 Å². The van der Waals surface area contributed by atoms with E-state index in [1.807, 2.05) is 0 Å². The standard InChI is InChI=1S/C9H23ClNP.ClH/c1-9(2,11)7-6-8-12(3,4,5)10;/h6-8,11H2,1-5H3;1H. The molecule has 0 aliphatic rings. The fraction of sp³-hybridized carbons (Fsp3) is 1.00. The number of hydrogen-bond donors (Lipinski definition) is 1. The average molecular weight is 248 g/mol. The van der Waals surface area contributed by atoms with Crippen molar-refractivity contribution in [2.75, 3.05) is 26.2 Å². The smallest absolute Gasteiger partial charge is 0.147 e. The summed E-state index contributed by atoms with van der Waals surface area (Å²) in [5.74, 6) is -1.79. The summed E-state index contributed by atoms with van der Waals surface area (Å²) >= 11 is 6.41. The quantitative estimate of drug-likeness (QED) is 0.757. The summed E-state index contributed by atoms with van der Waals surface area (Å²) < 4.78 is 0. The summed E-state index contributed by atoms with van der Waals surface area (Å²) in [5, 5.41) is 0. The number of hydrogen-bond acceptors (Lipinski definition) is 1. The minimum absolute atomic E-state index is 0. The van der Waals surface area contributed by atoms with E-state index < -0.39 is 5.96 Å². The predicted molar refractivity (Wildman–Crippen MR) is 70.2 cm³/mol. The van der Waals surface area contributed by atoms with Gasteiger partial charge in [-0.2, -0.15) is 0 Å². The second-order valence-electron chi connectivity index (χ2n) is 5.73. The molecule has 84 valence electrons. The molecule has 0 heterocycles. The molecule has 0 saturated carbocycles. The van der Waals surface area contributed by atoms with Crippen molar-refractivity contribution in [3.8, 4) is 0 Å². The Morgan fingerprint density at radius 1 is 1.23 bits per heavy atom. The van der Waals surface area contributed by atoms with Crippen molar-refractivity contribution in [2.45, 2.75) is 32.2 Å². The zero-order chi connectivity index (χ0) is 10.1. The first-order valence-electron chi connectivity index (χ1n) is 4.47. The summed E-state index contributed by atoms with van der Waals surface area (Å²) in [6.07, 6.45) is 3.34. The molecule has 0 rings (SSSR count). The van der Waals surface area contributed by atoms with Gasteiger partial charge in [0.25, 0.3) is 0 Å². The molecule has 4 heteroatoms. The van der Waals surface area contributed by atoms with E-state index in [4.69, 9.17) is 17.0 Å². The summed E-state index contributed by atoms with van der Waals surface area (Å²) in [7, 11) is 0. The van der Waals surface area contributed by atoms with Crippen molar-refractivity contribution >= 4 is 29.6 Å². The Labute approximate surface area is 93.9 Å². The molecule has 2 N–H and O–H groups in total. The number of halogens is 2. The summed E-state index contributed by atoms with van der Waals surface area (Å²) in [6.45, 7) is 10.7. The van der Waals surface area contributed by atoms with Gasteiger partial charge in [0.2, 0.25) is 0 Å². The zero-order valence-corrected chi connectivity index (χ0v) is 11.9. The number of nitrogens with two attached hydrogens (primary N) is 1. The van der Waals surface area contributed by atoms with Gasteiger partial charge in [0.1, 0.15) is 0 Å². The molecule has 0 aliphatic carbocycles. The first kappa shape index (κ1) is 16.4. The van der Waals surface area contributed by atoms with E-state index in [0.29, 0.717) is 0 Å². The molecule has 0 atom stereocenters. The van der Waals surface area contributed by atoms with Crippen LogP contribution in [-0.4, -0.2) is 31.7 Å². The second-order valence-corrected chi connectivity index (χ2v) is 15.8. The average Bonchev–Trinajstić information content (AvgIpc) is 1.52. The van der Waals surface area contributed by atoms with E-state index in [-0.39, 0.29) is 17.9 Å². The Hall–Kier alpha value is 0.970. The molecule has 0 unspecified atom stereocenters. The largest absolute Gasteiger partial charge is 0.147 e. The van der Waals surface area contributed by atoms with Crippen molar-refractivity contribution in [2.24, 2.45) is 5.73 Å². The monoisotopic (exact) mass is 247 g/mol. The Balaban J connectivity index is 0. The van der Waals surface area contributed by atoms with Crippen molar-refractivity contribution in [3.63, 3.8) is 0 Å². The molecule has 0 aromatic heterocycles. The van der Waals surface area contributed by atoms with E-state index in [0.717, 1.165) is 19.0 Å². The summed E-state index contributed by atoms with van der Waals surface area (Å²) in [5.41, 5.74) is 5.84. The van der Waals surface area contributed by atoms with Gasteiger partial charge in [0, 0.05) is 0 Å². The Morgan fingerprint density at radius 3 is 1.85 bits per heavy atom. The van der Waals surface area contributed by atoms with Gasteiger partial charge in [-0.15, -0.1) is 12.4 Å². The molecule has 0 aliphatic heterocycles. The van der Waals surface area contributed by atoms with Crippen LogP contribution in [0.4, 0.5) is 0 Å². The van der Waals surface area contributed by atoms with Crippen LogP contribution in [0.15, 0.2) is 0 Å². The van der Waals surface area contributed by atoms with E-state index in [1.165, 1.54) is 0 Å². The maximum absolute atomic E-state index is 6.41. The Morgan fingerprint density at radius 2 is 1.62 bits per heavy atom. The van der Waals surface area contributed by atoms with Crippen LogP contribution >= 0.6 is 29.6 Å². The van der Waals surface area contributed by atoms with Crippen LogP contribution in [0.3, 0.4) is 0 Å². The van der Waals surface area contributed by atoms with Gasteiger partial charge in [0.15, 0.2) is 0 Å². The van der Waals surface area contributed by atoms with Gasteiger partial charge in [-0.3, -0.25) is 0 Å². The SMILES string of the molecule is CC(C)(N)CCCP(C)(C)(C)Cl.Cl. The van der Waals surface area contributed by atoms with Crippen molar-refractivity contribution < 1.29 is 0 Å². The third kappa shape index (κ3) is 15.7. The van der Waals surface area contributed by atoms with E-state index in [1.54, 1.807) is 0 Å². The topological polar surface area (TPSA) is 26.0 Å². The molecule has 0 bridgehead atoms. The zero-order valence-electron chi connectivity index (χ0n) is 9.43. The van der Waals surface area contributed by atoms with Gasteiger partial charge < -0.3 is 0 Å². The van der Waals surface area contributed by atoms with Gasteiger partial charge in [0.05, 0.1) is 0 Å².